The minimum Gasteiger partial charge on any atom is -0.493 e. The highest BCUT2D eigenvalue weighted by molar-refractivity contribution is 7.89. The van der Waals surface area contributed by atoms with E-state index in [9.17, 15) is 13.2 Å². The van der Waals surface area contributed by atoms with Gasteiger partial charge >= 0.3 is 0 Å². The molecule has 2 aromatic carbocycles. The molecule has 1 saturated heterocycles. The van der Waals surface area contributed by atoms with Gasteiger partial charge in [-0.3, -0.25) is 4.79 Å². The molecule has 2 aromatic rings. The Labute approximate surface area is 183 Å². The highest BCUT2D eigenvalue weighted by Crippen LogP contribution is 2.28. The smallest absolute Gasteiger partial charge is 0.251 e. The number of carbonyl (C=O) groups excluding carboxylic acids is 1. The Kier molecular flexibility index (Phi) is 7.70. The molecule has 0 aromatic heterocycles. The first-order chi connectivity index (χ1) is 15.0. The second-order valence-corrected chi connectivity index (χ2v) is 9.19. The topological polar surface area (TPSA) is 84.9 Å². The summed E-state index contributed by atoms with van der Waals surface area (Å²) in [5, 5.41) is 2.84. The van der Waals surface area contributed by atoms with Crippen LogP contribution in [0.2, 0.25) is 0 Å². The second-order valence-electron chi connectivity index (χ2n) is 7.26. The van der Waals surface area contributed by atoms with Crippen molar-refractivity contribution in [2.24, 2.45) is 0 Å². The van der Waals surface area contributed by atoms with Crippen LogP contribution in [0.3, 0.4) is 0 Å². The number of piperidine rings is 1. The number of sulfonamides is 1. The monoisotopic (exact) mass is 444 g/mol. The van der Waals surface area contributed by atoms with E-state index in [-0.39, 0.29) is 17.3 Å². The van der Waals surface area contributed by atoms with Gasteiger partial charge in [-0.25, -0.2) is 8.42 Å². The molecule has 0 bridgehead atoms. The molecule has 8 heteroatoms. The highest BCUT2D eigenvalue weighted by atomic mass is 32.2. The molecule has 1 N–H and O–H groups in total. The summed E-state index contributed by atoms with van der Waals surface area (Å²) in [5.74, 6) is 0.727. The van der Waals surface area contributed by atoms with Gasteiger partial charge in [0, 0.05) is 25.2 Å². The summed E-state index contributed by atoms with van der Waals surface area (Å²) in [6.45, 7) is 5.36. The predicted molar refractivity (Wildman–Crippen MR) is 119 cm³/mol. The maximum atomic E-state index is 12.7. The molecule has 31 heavy (non-hydrogen) atoms. The average molecular weight is 445 g/mol. The summed E-state index contributed by atoms with van der Waals surface area (Å²) >= 11 is 0. The van der Waals surface area contributed by atoms with Crippen LogP contribution in [-0.2, 0) is 16.6 Å². The summed E-state index contributed by atoms with van der Waals surface area (Å²) in [6, 6.07) is 11.6. The van der Waals surface area contributed by atoms with Gasteiger partial charge in [0.25, 0.3) is 5.91 Å². The van der Waals surface area contributed by atoms with Crippen LogP contribution in [0.4, 0.5) is 0 Å². The average Bonchev–Trinajstić information content (AvgIpc) is 2.81. The third-order valence-corrected chi connectivity index (χ3v) is 7.02. The molecular formula is C23H28N2O5S. The maximum absolute atomic E-state index is 12.7. The molecule has 7 nitrogen and oxygen atoms in total. The van der Waals surface area contributed by atoms with Crippen molar-refractivity contribution in [1.29, 1.82) is 0 Å². The standard InChI is InChI=1S/C23H28N2O5S/c1-3-15-30-21-12-9-19(16-22(21)29-2)23(26)24-17-18-7-10-20(11-8-18)31(27,28)25-13-5-4-6-14-25/h3,7-12,16H,1,4-6,13-15,17H2,2H3,(H,24,26). The fourth-order valence-electron chi connectivity index (χ4n) is 3.39. The fourth-order valence-corrected chi connectivity index (χ4v) is 4.91. The van der Waals surface area contributed by atoms with Gasteiger partial charge in [0.2, 0.25) is 10.0 Å². The number of nitrogens with zero attached hydrogens (tertiary/aromatic N) is 1. The van der Waals surface area contributed by atoms with E-state index in [2.05, 4.69) is 11.9 Å². The quantitative estimate of drug-likeness (QED) is 0.600. The third kappa shape index (κ3) is 5.65. The molecule has 1 aliphatic heterocycles. The minimum atomic E-state index is -3.46. The van der Waals surface area contributed by atoms with Crippen molar-refractivity contribution >= 4 is 15.9 Å². The third-order valence-electron chi connectivity index (χ3n) is 5.11. The molecule has 0 unspecified atom stereocenters. The van der Waals surface area contributed by atoms with Crippen LogP contribution in [0.15, 0.2) is 60.0 Å². The van der Waals surface area contributed by atoms with Crippen molar-refractivity contribution < 1.29 is 22.7 Å². The molecule has 0 aliphatic carbocycles. The van der Waals surface area contributed by atoms with E-state index < -0.39 is 10.0 Å². The lowest BCUT2D eigenvalue weighted by Gasteiger charge is -2.25. The van der Waals surface area contributed by atoms with Crippen molar-refractivity contribution in [1.82, 2.24) is 9.62 Å². The number of methoxy groups -OCH3 is 1. The van der Waals surface area contributed by atoms with E-state index in [1.54, 1.807) is 52.8 Å². The first-order valence-electron chi connectivity index (χ1n) is 10.2. The summed E-state index contributed by atoms with van der Waals surface area (Å²) in [4.78, 5) is 12.8. The Bertz CT molecular complexity index is 1010. The predicted octanol–water partition coefficient (Wildman–Crippen LogP) is 3.36. The van der Waals surface area contributed by atoms with Gasteiger partial charge in [-0.05, 0) is 48.7 Å². The zero-order chi connectivity index (χ0) is 22.3. The molecule has 1 aliphatic rings. The van der Waals surface area contributed by atoms with Crippen molar-refractivity contribution in [2.45, 2.75) is 30.7 Å². The van der Waals surface area contributed by atoms with E-state index in [1.807, 2.05) is 0 Å². The zero-order valence-electron chi connectivity index (χ0n) is 17.7. The summed E-state index contributed by atoms with van der Waals surface area (Å²) in [5.41, 5.74) is 1.25. The van der Waals surface area contributed by atoms with Crippen molar-refractivity contribution in [3.63, 3.8) is 0 Å². The first kappa shape index (κ1) is 22.8. The fraction of sp³-hybridized carbons (Fsp3) is 0.348. The Balaban J connectivity index is 1.62. The Morgan fingerprint density at radius 2 is 1.81 bits per heavy atom. The summed E-state index contributed by atoms with van der Waals surface area (Å²) in [7, 11) is -1.95. The van der Waals surface area contributed by atoms with Gasteiger partial charge < -0.3 is 14.8 Å². The van der Waals surface area contributed by atoms with Crippen LogP contribution < -0.4 is 14.8 Å². The van der Waals surface area contributed by atoms with E-state index >= 15 is 0 Å². The van der Waals surface area contributed by atoms with Crippen LogP contribution in [0.1, 0.15) is 35.2 Å². The number of hydrogen-bond acceptors (Lipinski definition) is 5. The molecular weight excluding hydrogens is 416 g/mol. The molecule has 3 rings (SSSR count). The Morgan fingerprint density at radius 1 is 1.10 bits per heavy atom. The van der Waals surface area contributed by atoms with E-state index in [4.69, 9.17) is 9.47 Å². The number of benzene rings is 2. The van der Waals surface area contributed by atoms with Crippen molar-refractivity contribution in [2.75, 3.05) is 26.8 Å². The molecule has 166 valence electrons. The lowest BCUT2D eigenvalue weighted by molar-refractivity contribution is 0.0950. The van der Waals surface area contributed by atoms with Crippen LogP contribution in [0.25, 0.3) is 0 Å². The summed E-state index contributed by atoms with van der Waals surface area (Å²) in [6.07, 6.45) is 4.50. The van der Waals surface area contributed by atoms with Gasteiger partial charge in [-0.15, -0.1) is 0 Å². The second kappa shape index (κ2) is 10.5. The van der Waals surface area contributed by atoms with Crippen LogP contribution in [0.5, 0.6) is 11.5 Å². The van der Waals surface area contributed by atoms with Gasteiger partial charge in [-0.2, -0.15) is 4.31 Å². The lowest BCUT2D eigenvalue weighted by Crippen LogP contribution is -2.35. The number of carbonyl (C=O) groups is 1. The number of rotatable bonds is 9. The lowest BCUT2D eigenvalue weighted by atomic mass is 10.1. The van der Waals surface area contributed by atoms with Crippen LogP contribution in [0, 0.1) is 0 Å². The molecule has 0 atom stereocenters. The molecule has 1 fully saturated rings. The molecule has 0 saturated carbocycles. The molecule has 0 spiro atoms. The van der Waals surface area contributed by atoms with E-state index in [1.165, 1.54) is 7.11 Å². The number of amides is 1. The van der Waals surface area contributed by atoms with Crippen molar-refractivity contribution in [3.8, 4) is 11.5 Å². The molecule has 0 radical (unpaired) electrons. The Hall–Kier alpha value is -2.84. The van der Waals surface area contributed by atoms with E-state index in [0.29, 0.717) is 36.8 Å². The van der Waals surface area contributed by atoms with Crippen molar-refractivity contribution in [3.05, 3.63) is 66.2 Å². The van der Waals surface area contributed by atoms with Gasteiger partial charge in [0.15, 0.2) is 11.5 Å². The normalized spacial score (nSPS) is 14.6. The SMILES string of the molecule is C=CCOc1ccc(C(=O)NCc2ccc(S(=O)(=O)N3CCCCC3)cc2)cc1OC. The zero-order valence-corrected chi connectivity index (χ0v) is 18.5. The first-order valence-corrected chi connectivity index (χ1v) is 11.7. The van der Waals surface area contributed by atoms with Gasteiger partial charge in [0.05, 0.1) is 12.0 Å². The largest absolute Gasteiger partial charge is 0.493 e. The molecule has 1 amide bonds. The Morgan fingerprint density at radius 3 is 2.45 bits per heavy atom. The van der Waals surface area contributed by atoms with Crippen LogP contribution in [-0.4, -0.2) is 45.4 Å². The molecule has 1 heterocycles. The number of hydrogen-bond donors (Lipinski definition) is 1. The number of ether oxygens (including phenoxy) is 2. The summed E-state index contributed by atoms with van der Waals surface area (Å²) < 4.78 is 37.8. The maximum Gasteiger partial charge on any atom is 0.251 e. The van der Waals surface area contributed by atoms with E-state index in [0.717, 1.165) is 24.8 Å². The number of nitrogens with one attached hydrogen (secondary N) is 1. The highest BCUT2D eigenvalue weighted by Gasteiger charge is 2.25. The minimum absolute atomic E-state index is 0.265. The van der Waals surface area contributed by atoms with Gasteiger partial charge in [0.1, 0.15) is 6.61 Å². The van der Waals surface area contributed by atoms with Crippen LogP contribution >= 0.6 is 0 Å². The van der Waals surface area contributed by atoms with Gasteiger partial charge in [-0.1, -0.05) is 31.2 Å².